The molecule has 74 valence electrons. The first-order chi connectivity index (χ1) is 6.63. The van der Waals surface area contributed by atoms with Crippen LogP contribution in [0, 0.1) is 0 Å². The Morgan fingerprint density at radius 1 is 1.21 bits per heavy atom. The first-order valence-electron chi connectivity index (χ1n) is 4.30. The van der Waals surface area contributed by atoms with Crippen LogP contribution in [0.5, 0.6) is 5.75 Å². The van der Waals surface area contributed by atoms with Crippen LogP contribution in [0.3, 0.4) is 0 Å². The largest absolute Gasteiger partial charge is 0.497 e. The molecule has 3 nitrogen and oxygen atoms in total. The van der Waals surface area contributed by atoms with E-state index >= 15 is 0 Å². The van der Waals surface area contributed by atoms with Gasteiger partial charge in [0.05, 0.1) is 13.5 Å². The molecule has 0 spiro atoms. The Morgan fingerprint density at radius 3 is 2.21 bits per heavy atom. The minimum absolute atomic E-state index is 0.0354. The molecule has 0 saturated carbocycles. The Kier molecular flexibility index (Phi) is 3.40. The van der Waals surface area contributed by atoms with Crippen molar-refractivity contribution in [2.45, 2.75) is 13.3 Å². The number of methoxy groups -OCH3 is 1. The Morgan fingerprint density at radius 2 is 1.79 bits per heavy atom. The van der Waals surface area contributed by atoms with Crippen LogP contribution in [0.2, 0.25) is 0 Å². The molecule has 0 atom stereocenters. The van der Waals surface area contributed by atoms with Gasteiger partial charge in [-0.1, -0.05) is 0 Å². The van der Waals surface area contributed by atoms with Gasteiger partial charge in [-0.15, -0.1) is 0 Å². The third-order valence-electron chi connectivity index (χ3n) is 1.82. The second kappa shape index (κ2) is 4.56. The van der Waals surface area contributed by atoms with Crippen LogP contribution in [0.1, 0.15) is 23.7 Å². The fourth-order valence-electron chi connectivity index (χ4n) is 1.11. The van der Waals surface area contributed by atoms with Crippen molar-refractivity contribution >= 4 is 11.6 Å². The molecule has 0 N–H and O–H groups in total. The van der Waals surface area contributed by atoms with Crippen LogP contribution in [-0.4, -0.2) is 18.7 Å². The molecule has 14 heavy (non-hydrogen) atoms. The predicted molar refractivity (Wildman–Crippen MR) is 52.6 cm³/mol. The van der Waals surface area contributed by atoms with Crippen molar-refractivity contribution in [2.75, 3.05) is 7.11 Å². The highest BCUT2D eigenvalue weighted by atomic mass is 16.5. The van der Waals surface area contributed by atoms with E-state index in [1.54, 1.807) is 31.4 Å². The summed E-state index contributed by atoms with van der Waals surface area (Å²) in [5.74, 6) is 0.426. The molecule has 0 aliphatic heterocycles. The second-order valence-corrected chi connectivity index (χ2v) is 3.03. The van der Waals surface area contributed by atoms with E-state index in [1.807, 2.05) is 0 Å². The van der Waals surface area contributed by atoms with Crippen molar-refractivity contribution < 1.29 is 14.3 Å². The van der Waals surface area contributed by atoms with Gasteiger partial charge in [0, 0.05) is 5.56 Å². The van der Waals surface area contributed by atoms with Gasteiger partial charge >= 0.3 is 0 Å². The zero-order valence-electron chi connectivity index (χ0n) is 8.24. The van der Waals surface area contributed by atoms with Crippen molar-refractivity contribution in [1.29, 1.82) is 0 Å². The predicted octanol–water partition coefficient (Wildman–Crippen LogP) is 1.86. The SMILES string of the molecule is COc1ccc(C(=O)CC(C)=O)cc1. The summed E-state index contributed by atoms with van der Waals surface area (Å²) < 4.78 is 4.95. The molecule has 0 saturated heterocycles. The molecule has 0 fully saturated rings. The first-order valence-corrected chi connectivity index (χ1v) is 4.30. The van der Waals surface area contributed by atoms with Crippen LogP contribution >= 0.6 is 0 Å². The number of hydrogen-bond donors (Lipinski definition) is 0. The summed E-state index contributed by atoms with van der Waals surface area (Å²) >= 11 is 0. The molecular weight excluding hydrogens is 180 g/mol. The van der Waals surface area contributed by atoms with Crippen LogP contribution in [0.4, 0.5) is 0 Å². The Balaban J connectivity index is 2.76. The van der Waals surface area contributed by atoms with Gasteiger partial charge in [-0.25, -0.2) is 0 Å². The maximum Gasteiger partial charge on any atom is 0.170 e. The maximum atomic E-state index is 11.4. The molecule has 0 radical (unpaired) electrons. The summed E-state index contributed by atoms with van der Waals surface area (Å²) in [5.41, 5.74) is 0.543. The van der Waals surface area contributed by atoms with Crippen molar-refractivity contribution in [3.63, 3.8) is 0 Å². The van der Waals surface area contributed by atoms with E-state index in [-0.39, 0.29) is 18.0 Å². The quantitative estimate of drug-likeness (QED) is 0.540. The van der Waals surface area contributed by atoms with Gasteiger partial charge in [0.1, 0.15) is 11.5 Å². The summed E-state index contributed by atoms with van der Waals surface area (Å²) in [6, 6.07) is 6.72. The van der Waals surface area contributed by atoms with Gasteiger partial charge in [-0.05, 0) is 31.2 Å². The van der Waals surface area contributed by atoms with Gasteiger partial charge in [-0.3, -0.25) is 9.59 Å². The molecule has 3 heteroatoms. The second-order valence-electron chi connectivity index (χ2n) is 3.03. The summed E-state index contributed by atoms with van der Waals surface area (Å²) in [5, 5.41) is 0. The highest BCUT2D eigenvalue weighted by Gasteiger charge is 2.07. The molecule has 1 aromatic rings. The Hall–Kier alpha value is -1.64. The molecule has 0 bridgehead atoms. The van der Waals surface area contributed by atoms with Crippen molar-refractivity contribution in [2.24, 2.45) is 0 Å². The van der Waals surface area contributed by atoms with Crippen LogP contribution < -0.4 is 4.74 Å². The lowest BCUT2D eigenvalue weighted by Gasteiger charge is -2.01. The van der Waals surface area contributed by atoms with E-state index in [2.05, 4.69) is 0 Å². The number of ketones is 2. The maximum absolute atomic E-state index is 11.4. The fourth-order valence-corrected chi connectivity index (χ4v) is 1.11. The molecule has 1 aromatic carbocycles. The molecule has 1 rings (SSSR count). The smallest absolute Gasteiger partial charge is 0.170 e. The number of carbonyl (C=O) groups excluding carboxylic acids is 2. The van der Waals surface area contributed by atoms with E-state index in [9.17, 15) is 9.59 Å². The monoisotopic (exact) mass is 192 g/mol. The molecule has 0 aliphatic rings. The van der Waals surface area contributed by atoms with Gasteiger partial charge in [0.25, 0.3) is 0 Å². The Bertz CT molecular complexity index is 338. The fraction of sp³-hybridized carbons (Fsp3) is 0.273. The molecular formula is C11H12O3. The minimum atomic E-state index is -0.153. The topological polar surface area (TPSA) is 43.4 Å². The van der Waals surface area contributed by atoms with Crippen LogP contribution in [0.15, 0.2) is 24.3 Å². The summed E-state index contributed by atoms with van der Waals surface area (Å²) in [4.78, 5) is 22.1. The van der Waals surface area contributed by atoms with Gasteiger partial charge in [0.2, 0.25) is 0 Å². The number of hydrogen-bond acceptors (Lipinski definition) is 3. The number of rotatable bonds is 4. The zero-order chi connectivity index (χ0) is 10.6. The minimum Gasteiger partial charge on any atom is -0.497 e. The number of Topliss-reactive ketones (excluding diaryl/α,β-unsaturated/α-hetero) is 2. The number of ether oxygens (including phenoxy) is 1. The third-order valence-corrected chi connectivity index (χ3v) is 1.82. The van der Waals surface area contributed by atoms with E-state index < -0.39 is 0 Å². The molecule has 0 heterocycles. The lowest BCUT2D eigenvalue weighted by Crippen LogP contribution is -2.04. The van der Waals surface area contributed by atoms with Crippen molar-refractivity contribution in [3.8, 4) is 5.75 Å². The standard InChI is InChI=1S/C11H12O3/c1-8(12)7-11(13)9-3-5-10(14-2)6-4-9/h3-6H,7H2,1-2H3. The summed E-state index contributed by atoms with van der Waals surface area (Å²) in [6.07, 6.45) is -0.0354. The molecule has 0 amide bonds. The van der Waals surface area contributed by atoms with Crippen molar-refractivity contribution in [3.05, 3.63) is 29.8 Å². The highest BCUT2D eigenvalue weighted by Crippen LogP contribution is 2.12. The van der Waals surface area contributed by atoms with Gasteiger partial charge < -0.3 is 4.74 Å². The van der Waals surface area contributed by atoms with Crippen LogP contribution in [-0.2, 0) is 4.79 Å². The summed E-state index contributed by atoms with van der Waals surface area (Å²) in [7, 11) is 1.56. The average Bonchev–Trinajstić information content (AvgIpc) is 2.17. The lowest BCUT2D eigenvalue weighted by atomic mass is 10.1. The molecule has 0 aliphatic carbocycles. The number of benzene rings is 1. The van der Waals surface area contributed by atoms with Gasteiger partial charge in [-0.2, -0.15) is 0 Å². The normalized spacial score (nSPS) is 9.57. The summed E-state index contributed by atoms with van der Waals surface area (Å²) in [6.45, 7) is 1.40. The van der Waals surface area contributed by atoms with E-state index in [0.717, 1.165) is 0 Å². The lowest BCUT2D eigenvalue weighted by molar-refractivity contribution is -0.116. The highest BCUT2D eigenvalue weighted by molar-refractivity contribution is 6.07. The molecule has 0 aromatic heterocycles. The Labute approximate surface area is 82.7 Å². The van der Waals surface area contributed by atoms with E-state index in [0.29, 0.717) is 11.3 Å². The van der Waals surface area contributed by atoms with Crippen LogP contribution in [0.25, 0.3) is 0 Å². The van der Waals surface area contributed by atoms with E-state index in [1.165, 1.54) is 6.92 Å². The average molecular weight is 192 g/mol. The van der Waals surface area contributed by atoms with E-state index in [4.69, 9.17) is 4.74 Å². The third kappa shape index (κ3) is 2.69. The number of carbonyl (C=O) groups is 2. The van der Waals surface area contributed by atoms with Crippen molar-refractivity contribution in [1.82, 2.24) is 0 Å². The zero-order valence-corrected chi connectivity index (χ0v) is 8.24. The molecule has 0 unspecified atom stereocenters. The van der Waals surface area contributed by atoms with Gasteiger partial charge in [0.15, 0.2) is 5.78 Å². The first kappa shape index (κ1) is 10.4.